The molecular weight excluding hydrogens is 581 g/mol. The van der Waals surface area contributed by atoms with Crippen LogP contribution >= 0.6 is 0 Å². The molecule has 0 amide bonds. The van der Waals surface area contributed by atoms with Crippen molar-refractivity contribution < 1.29 is 26.3 Å². The maximum absolute atomic E-state index is 15.4. The second-order valence-corrected chi connectivity index (χ2v) is 13.9. The lowest BCUT2D eigenvalue weighted by Gasteiger charge is -2.38. The van der Waals surface area contributed by atoms with Crippen LogP contribution in [-0.2, 0) is 20.2 Å². The number of halogens is 3. The lowest BCUT2D eigenvalue weighted by atomic mass is 9.76. The van der Waals surface area contributed by atoms with E-state index in [4.69, 9.17) is 10.5 Å². The number of imidazole rings is 1. The molecule has 4 aromatic rings. The zero-order valence-electron chi connectivity index (χ0n) is 23.8. The monoisotopic (exact) mass is 614 g/mol. The number of nitrogens with zero attached hydrogens (tertiary/aromatic N) is 4. The minimum Gasteiger partial charge on any atom is -0.381 e. The molecule has 43 heavy (non-hydrogen) atoms. The van der Waals surface area contributed by atoms with Crippen molar-refractivity contribution >= 4 is 27.0 Å². The lowest BCUT2D eigenvalue weighted by molar-refractivity contribution is -0.0117. The average Bonchev–Trinajstić information content (AvgIpc) is 3.34. The van der Waals surface area contributed by atoms with E-state index in [-0.39, 0.29) is 60.7 Å². The number of hydrogen-bond acceptors (Lipinski definition) is 8. The fourth-order valence-electron chi connectivity index (χ4n) is 6.71. The van der Waals surface area contributed by atoms with Crippen LogP contribution in [0.3, 0.4) is 0 Å². The molecule has 4 atom stereocenters. The first-order chi connectivity index (χ1) is 20.4. The molecule has 2 aliphatic rings. The Morgan fingerprint density at radius 1 is 1.09 bits per heavy atom. The average molecular weight is 615 g/mol. The molecule has 228 valence electrons. The number of benzene rings is 1. The minimum atomic E-state index is -3.30. The van der Waals surface area contributed by atoms with E-state index in [1.807, 2.05) is 13.0 Å². The number of alkyl halides is 1. The van der Waals surface area contributed by atoms with E-state index >= 15 is 13.2 Å². The molecule has 4 unspecified atom stereocenters. The molecule has 13 heteroatoms. The summed E-state index contributed by atoms with van der Waals surface area (Å²) in [6.45, 7) is 2.27. The van der Waals surface area contributed by atoms with Crippen molar-refractivity contribution in [2.75, 3.05) is 24.8 Å². The van der Waals surface area contributed by atoms with Gasteiger partial charge in [-0.25, -0.2) is 26.6 Å². The van der Waals surface area contributed by atoms with Crippen LogP contribution in [0, 0.1) is 17.6 Å². The normalized spacial score (nSPS) is 24.2. The van der Waals surface area contributed by atoms with Crippen molar-refractivity contribution in [3.63, 3.8) is 0 Å². The highest BCUT2D eigenvalue weighted by molar-refractivity contribution is 7.91. The fraction of sp³-hybridized carbons (Fsp3) is 0.433. The molecule has 1 aliphatic heterocycles. The molecule has 1 aromatic carbocycles. The summed E-state index contributed by atoms with van der Waals surface area (Å²) in [6, 6.07) is 6.55. The molecule has 0 bridgehead atoms. The predicted octanol–water partition coefficient (Wildman–Crippen LogP) is 5.04. The van der Waals surface area contributed by atoms with E-state index in [0.29, 0.717) is 24.0 Å². The van der Waals surface area contributed by atoms with Gasteiger partial charge >= 0.3 is 0 Å². The Hall–Kier alpha value is -3.55. The molecule has 1 saturated heterocycles. The summed E-state index contributed by atoms with van der Waals surface area (Å²) in [5.74, 6) is -1.71. The highest BCUT2D eigenvalue weighted by Crippen LogP contribution is 2.42. The van der Waals surface area contributed by atoms with Crippen LogP contribution in [0.25, 0.3) is 16.8 Å². The molecule has 1 saturated carbocycles. The van der Waals surface area contributed by atoms with Crippen molar-refractivity contribution in [2.24, 2.45) is 11.7 Å². The molecule has 0 radical (unpaired) electrons. The molecule has 0 spiro atoms. The number of ether oxygens (including phenoxy) is 1. The molecule has 4 heterocycles. The van der Waals surface area contributed by atoms with Crippen molar-refractivity contribution in [3.05, 3.63) is 71.7 Å². The number of nitrogens with one attached hydrogen (secondary N) is 1. The molecule has 3 aromatic heterocycles. The maximum Gasteiger partial charge on any atom is 0.229 e. The summed E-state index contributed by atoms with van der Waals surface area (Å²) in [7, 11) is -3.30. The van der Waals surface area contributed by atoms with Crippen molar-refractivity contribution in [1.29, 1.82) is 0 Å². The van der Waals surface area contributed by atoms with Gasteiger partial charge in [0.2, 0.25) is 5.95 Å². The van der Waals surface area contributed by atoms with E-state index in [1.54, 1.807) is 24.7 Å². The van der Waals surface area contributed by atoms with Crippen molar-refractivity contribution in [3.8, 4) is 11.3 Å². The number of fused-ring (bicyclic) bond motifs is 1. The van der Waals surface area contributed by atoms with Gasteiger partial charge in [0.1, 0.15) is 17.3 Å². The van der Waals surface area contributed by atoms with Gasteiger partial charge in [-0.2, -0.15) is 9.61 Å². The Bertz CT molecular complexity index is 1740. The molecular formula is C30H33F3N6O3S. The number of rotatable bonds is 6. The number of pyridine rings is 1. The van der Waals surface area contributed by atoms with Gasteiger partial charge in [0, 0.05) is 44.5 Å². The Kier molecular flexibility index (Phi) is 7.68. The van der Waals surface area contributed by atoms with Crippen LogP contribution < -0.4 is 11.1 Å². The highest BCUT2D eigenvalue weighted by Gasteiger charge is 2.40. The second-order valence-electron chi connectivity index (χ2n) is 11.7. The summed E-state index contributed by atoms with van der Waals surface area (Å²) < 4.78 is 77.4. The van der Waals surface area contributed by atoms with Crippen molar-refractivity contribution in [1.82, 2.24) is 19.6 Å². The lowest BCUT2D eigenvalue weighted by Crippen LogP contribution is -2.48. The number of aromatic nitrogens is 4. The third-order valence-electron chi connectivity index (χ3n) is 8.72. The molecule has 1 aliphatic carbocycles. The van der Waals surface area contributed by atoms with Crippen molar-refractivity contribution in [2.45, 2.75) is 55.5 Å². The van der Waals surface area contributed by atoms with Gasteiger partial charge in [-0.1, -0.05) is 6.92 Å². The van der Waals surface area contributed by atoms with E-state index in [2.05, 4.69) is 20.4 Å². The third kappa shape index (κ3) is 5.61. The Morgan fingerprint density at radius 2 is 1.81 bits per heavy atom. The van der Waals surface area contributed by atoms with Crippen LogP contribution in [0.4, 0.5) is 24.8 Å². The largest absolute Gasteiger partial charge is 0.381 e. The molecule has 3 N–H and O–H groups in total. The van der Waals surface area contributed by atoms with Gasteiger partial charge < -0.3 is 15.8 Å². The maximum atomic E-state index is 15.4. The second kappa shape index (κ2) is 11.2. The summed E-state index contributed by atoms with van der Waals surface area (Å²) in [4.78, 5) is 8.67. The number of sulfone groups is 1. The van der Waals surface area contributed by atoms with E-state index < -0.39 is 38.4 Å². The third-order valence-corrected chi connectivity index (χ3v) is 10.5. The zero-order valence-corrected chi connectivity index (χ0v) is 24.6. The quantitative estimate of drug-likeness (QED) is 0.310. The minimum absolute atomic E-state index is 0.0142. The first kappa shape index (κ1) is 29.5. The van der Waals surface area contributed by atoms with E-state index in [0.717, 1.165) is 17.7 Å². The van der Waals surface area contributed by atoms with Crippen LogP contribution in [0.2, 0.25) is 0 Å². The van der Waals surface area contributed by atoms with Crippen LogP contribution in [0.5, 0.6) is 0 Å². The Labute approximate surface area is 247 Å². The Balaban J connectivity index is 1.31. The molecule has 2 fully saturated rings. The van der Waals surface area contributed by atoms with Gasteiger partial charge in [-0.05, 0) is 66.1 Å². The highest BCUT2D eigenvalue weighted by atomic mass is 32.2. The van der Waals surface area contributed by atoms with E-state index in [9.17, 15) is 8.42 Å². The van der Waals surface area contributed by atoms with E-state index in [1.165, 1.54) is 16.8 Å². The van der Waals surface area contributed by atoms with Gasteiger partial charge in [-0.15, -0.1) is 0 Å². The van der Waals surface area contributed by atoms with Crippen LogP contribution in [0.1, 0.15) is 49.7 Å². The number of hydrogen-bond donors (Lipinski definition) is 2. The fourth-order valence-corrected chi connectivity index (χ4v) is 8.41. The first-order valence-electron chi connectivity index (χ1n) is 14.2. The van der Waals surface area contributed by atoms with Crippen LogP contribution in [-0.4, -0.2) is 58.8 Å². The van der Waals surface area contributed by atoms with Gasteiger partial charge in [0.15, 0.2) is 9.84 Å². The zero-order chi connectivity index (χ0) is 30.5. The number of nitrogens with two attached hydrogens (primary N) is 1. The summed E-state index contributed by atoms with van der Waals surface area (Å²) in [5, 5.41) is 7.12. The molecule has 9 nitrogen and oxygen atoms in total. The standard InChI is InChI=1S/C30H33F3N6O3S/c1-17-11-18(12-24(34)28(17)43(2,40)41)21-5-8-35-16-26(21)37-29-36-15-20-3-4-25(38-39(20)29)27-22(31)13-19(14-23(27)32)30(33)6-9-42-10-7-30/h3-5,8,13-18,24,28H,6-7,9-12,34H2,1-2H3,(H,36,37). The summed E-state index contributed by atoms with van der Waals surface area (Å²) >= 11 is 0. The van der Waals surface area contributed by atoms with Crippen LogP contribution in [0.15, 0.2) is 48.9 Å². The first-order valence-corrected chi connectivity index (χ1v) is 16.2. The number of anilines is 2. The van der Waals surface area contributed by atoms with Gasteiger partial charge in [-0.3, -0.25) is 4.98 Å². The predicted molar refractivity (Wildman–Crippen MR) is 156 cm³/mol. The molecule has 6 rings (SSSR count). The van der Waals surface area contributed by atoms with Gasteiger partial charge in [0.25, 0.3) is 0 Å². The summed E-state index contributed by atoms with van der Waals surface area (Å²) in [5.41, 5.74) is 6.22. The summed E-state index contributed by atoms with van der Waals surface area (Å²) in [6.07, 6.45) is 7.26. The Morgan fingerprint density at radius 3 is 2.49 bits per heavy atom. The topological polar surface area (TPSA) is 124 Å². The smallest absolute Gasteiger partial charge is 0.229 e. The SMILES string of the molecule is CC1CC(c2ccncc2Nc2ncc3ccc(-c4c(F)cc(C5(F)CCOCC5)cc4F)nn23)CC(N)C1S(C)(=O)=O. The van der Waals surface area contributed by atoms with Gasteiger partial charge in [0.05, 0.1) is 40.1 Å².